The summed E-state index contributed by atoms with van der Waals surface area (Å²) in [5.74, 6) is 0.656. The van der Waals surface area contributed by atoms with Gasteiger partial charge in [-0.15, -0.1) is 4.72 Å². The molecule has 17 heavy (non-hydrogen) atoms. The van der Waals surface area contributed by atoms with Gasteiger partial charge in [0.2, 0.25) is 0 Å². The van der Waals surface area contributed by atoms with Gasteiger partial charge in [-0.05, 0) is 45.1 Å². The van der Waals surface area contributed by atoms with Crippen LogP contribution < -0.4 is 4.72 Å². The van der Waals surface area contributed by atoms with Gasteiger partial charge in [0.25, 0.3) is 0 Å². The maximum Gasteiger partial charge on any atom is 0.136 e. The van der Waals surface area contributed by atoms with Crippen molar-refractivity contribution in [3.05, 3.63) is 35.9 Å². The first-order valence-electron chi connectivity index (χ1n) is 6.21. The van der Waals surface area contributed by atoms with Crippen molar-refractivity contribution in [3.63, 3.8) is 0 Å². The molecule has 1 aromatic rings. The number of nitrogens with one attached hydrogen (secondary N) is 1. The lowest BCUT2D eigenvalue weighted by molar-refractivity contribution is 0.503. The van der Waals surface area contributed by atoms with E-state index < -0.39 is 11.4 Å². The summed E-state index contributed by atoms with van der Waals surface area (Å²) in [4.78, 5) is 0. The highest BCUT2D eigenvalue weighted by Crippen LogP contribution is 2.41. The first-order chi connectivity index (χ1) is 7.98. The second-order valence-corrected chi connectivity index (χ2v) is 7.72. The lowest BCUT2D eigenvalue weighted by Gasteiger charge is -2.28. The smallest absolute Gasteiger partial charge is 0.136 e. The van der Waals surface area contributed by atoms with Crippen LogP contribution in [0.25, 0.3) is 0 Å². The molecule has 0 amide bonds. The molecule has 1 saturated carbocycles. The van der Waals surface area contributed by atoms with Crippen LogP contribution in [0, 0.1) is 5.92 Å². The van der Waals surface area contributed by atoms with Crippen LogP contribution in [0.15, 0.2) is 30.3 Å². The van der Waals surface area contributed by atoms with E-state index in [2.05, 4.69) is 16.9 Å². The van der Waals surface area contributed by atoms with Gasteiger partial charge in [0.15, 0.2) is 0 Å². The van der Waals surface area contributed by atoms with Crippen molar-refractivity contribution in [2.45, 2.75) is 44.4 Å². The SMILES string of the molecule is CC(C)(C)[S+]([O-])N[C@H](c1ccccc1)C1CC1. The molecule has 1 fully saturated rings. The van der Waals surface area contributed by atoms with Gasteiger partial charge in [0, 0.05) is 11.4 Å². The topological polar surface area (TPSA) is 35.1 Å². The minimum absolute atomic E-state index is 0.206. The molecule has 1 unspecified atom stereocenters. The fraction of sp³-hybridized carbons (Fsp3) is 0.571. The Morgan fingerprint density at radius 2 is 1.82 bits per heavy atom. The Bertz CT molecular complexity index is 356. The molecule has 0 spiro atoms. The van der Waals surface area contributed by atoms with Gasteiger partial charge in [0.05, 0.1) is 6.04 Å². The molecule has 2 atom stereocenters. The molecular formula is C14H21NOS. The Morgan fingerprint density at radius 1 is 1.24 bits per heavy atom. The van der Waals surface area contributed by atoms with Crippen LogP contribution in [0.3, 0.4) is 0 Å². The third kappa shape index (κ3) is 3.47. The molecule has 1 aromatic carbocycles. The van der Waals surface area contributed by atoms with E-state index >= 15 is 0 Å². The number of rotatable bonds is 4. The van der Waals surface area contributed by atoms with Crippen LogP contribution in [0.1, 0.15) is 45.2 Å². The summed E-state index contributed by atoms with van der Waals surface area (Å²) in [6, 6.07) is 10.6. The van der Waals surface area contributed by atoms with Gasteiger partial charge >= 0.3 is 0 Å². The summed E-state index contributed by atoms with van der Waals surface area (Å²) in [7, 11) is 0. The second-order valence-electron chi connectivity index (χ2n) is 5.72. The van der Waals surface area contributed by atoms with Crippen LogP contribution in [0.5, 0.6) is 0 Å². The van der Waals surface area contributed by atoms with Crippen molar-refractivity contribution in [2.75, 3.05) is 0 Å². The van der Waals surface area contributed by atoms with E-state index in [0.29, 0.717) is 5.92 Å². The Kier molecular flexibility index (Phi) is 3.81. The van der Waals surface area contributed by atoms with Gasteiger partial charge in [-0.2, -0.15) is 0 Å². The fourth-order valence-corrected chi connectivity index (χ4v) is 2.73. The molecule has 1 aliphatic rings. The standard InChI is InChI=1S/C14H21NOS/c1-14(2,3)17(16)15-13(12-9-10-12)11-7-5-4-6-8-11/h4-8,12-13,15H,9-10H2,1-3H3/t13-,17?/m1/s1. The van der Waals surface area contributed by atoms with Crippen LogP contribution in [-0.4, -0.2) is 9.30 Å². The molecule has 1 N–H and O–H groups in total. The Hall–Kier alpha value is -0.510. The first kappa shape index (κ1) is 12.9. The van der Waals surface area contributed by atoms with E-state index in [0.717, 1.165) is 0 Å². The highest BCUT2D eigenvalue weighted by molar-refractivity contribution is 7.90. The van der Waals surface area contributed by atoms with Crippen LogP contribution >= 0.6 is 0 Å². The van der Waals surface area contributed by atoms with Crippen molar-refractivity contribution >= 4 is 11.4 Å². The highest BCUT2D eigenvalue weighted by Gasteiger charge is 2.38. The van der Waals surface area contributed by atoms with Crippen LogP contribution in [-0.2, 0) is 11.4 Å². The predicted octanol–water partition coefficient (Wildman–Crippen LogP) is 3.19. The maximum absolute atomic E-state index is 12.2. The summed E-state index contributed by atoms with van der Waals surface area (Å²) in [5.41, 5.74) is 1.26. The molecule has 0 aliphatic heterocycles. The predicted molar refractivity (Wildman–Crippen MR) is 72.9 cm³/mol. The highest BCUT2D eigenvalue weighted by atomic mass is 32.2. The van der Waals surface area contributed by atoms with Gasteiger partial charge in [-0.3, -0.25) is 0 Å². The third-order valence-electron chi connectivity index (χ3n) is 3.04. The van der Waals surface area contributed by atoms with Crippen molar-refractivity contribution in [3.8, 4) is 0 Å². The Morgan fingerprint density at radius 3 is 2.29 bits per heavy atom. The Labute approximate surface area is 107 Å². The summed E-state index contributed by atoms with van der Waals surface area (Å²) in [5, 5.41) is 0. The molecule has 0 heterocycles. The minimum Gasteiger partial charge on any atom is -0.598 e. The Balaban J connectivity index is 2.09. The van der Waals surface area contributed by atoms with Gasteiger partial charge < -0.3 is 4.55 Å². The van der Waals surface area contributed by atoms with Gasteiger partial charge in [-0.25, -0.2) is 0 Å². The van der Waals surface area contributed by atoms with E-state index in [9.17, 15) is 4.55 Å². The summed E-state index contributed by atoms with van der Waals surface area (Å²) in [6.45, 7) is 6.02. The molecule has 1 aliphatic carbocycles. The summed E-state index contributed by atoms with van der Waals surface area (Å²) < 4.78 is 15.3. The third-order valence-corrected chi connectivity index (χ3v) is 4.62. The van der Waals surface area contributed by atoms with E-state index in [-0.39, 0.29) is 10.8 Å². The zero-order chi connectivity index (χ0) is 12.5. The zero-order valence-corrected chi connectivity index (χ0v) is 11.6. The van der Waals surface area contributed by atoms with Crippen LogP contribution in [0.2, 0.25) is 0 Å². The average molecular weight is 251 g/mol. The molecule has 2 nitrogen and oxygen atoms in total. The molecular weight excluding hydrogens is 230 g/mol. The largest absolute Gasteiger partial charge is 0.598 e. The van der Waals surface area contributed by atoms with E-state index in [1.54, 1.807) is 0 Å². The van der Waals surface area contributed by atoms with Crippen LogP contribution in [0.4, 0.5) is 0 Å². The number of hydrogen-bond acceptors (Lipinski definition) is 2. The van der Waals surface area contributed by atoms with Crippen molar-refractivity contribution < 1.29 is 4.55 Å². The maximum atomic E-state index is 12.2. The molecule has 0 bridgehead atoms. The number of benzene rings is 1. The van der Waals surface area contributed by atoms with Gasteiger partial charge in [0.1, 0.15) is 4.75 Å². The quantitative estimate of drug-likeness (QED) is 0.834. The van der Waals surface area contributed by atoms with Crippen molar-refractivity contribution in [2.24, 2.45) is 5.92 Å². The van der Waals surface area contributed by atoms with Gasteiger partial charge in [-0.1, -0.05) is 30.3 Å². The molecule has 2 rings (SSSR count). The average Bonchev–Trinajstić information content (AvgIpc) is 3.09. The lowest BCUT2D eigenvalue weighted by Crippen LogP contribution is -2.41. The summed E-state index contributed by atoms with van der Waals surface area (Å²) in [6.07, 6.45) is 2.49. The van der Waals surface area contributed by atoms with Crippen molar-refractivity contribution in [1.82, 2.24) is 4.72 Å². The van der Waals surface area contributed by atoms with Crippen molar-refractivity contribution in [1.29, 1.82) is 0 Å². The molecule has 94 valence electrons. The van der Waals surface area contributed by atoms with E-state index in [1.165, 1.54) is 18.4 Å². The van der Waals surface area contributed by atoms with E-state index in [4.69, 9.17) is 0 Å². The second kappa shape index (κ2) is 5.01. The monoisotopic (exact) mass is 251 g/mol. The zero-order valence-electron chi connectivity index (χ0n) is 10.8. The molecule has 3 heteroatoms. The lowest BCUT2D eigenvalue weighted by atomic mass is 10.0. The molecule has 0 radical (unpaired) electrons. The minimum atomic E-state index is -0.998. The summed E-state index contributed by atoms with van der Waals surface area (Å²) >= 11 is -0.998. The normalized spacial score (nSPS) is 20.0. The molecule has 0 saturated heterocycles. The fourth-order valence-electron chi connectivity index (χ4n) is 1.82. The first-order valence-corrected chi connectivity index (χ1v) is 7.36. The molecule has 0 aromatic heterocycles. The van der Waals surface area contributed by atoms with E-state index in [1.807, 2.05) is 39.0 Å². The number of hydrogen-bond donors (Lipinski definition) is 1.